The number of amides is 1. The molecule has 3 aromatic rings. The fraction of sp³-hybridized carbons (Fsp3) is 0.188. The van der Waals surface area contributed by atoms with Crippen LogP contribution in [0.25, 0.3) is 11.0 Å². The van der Waals surface area contributed by atoms with Gasteiger partial charge in [0.15, 0.2) is 0 Å². The van der Waals surface area contributed by atoms with Gasteiger partial charge in [-0.3, -0.25) is 4.79 Å². The van der Waals surface area contributed by atoms with Crippen molar-refractivity contribution in [2.45, 2.75) is 24.8 Å². The summed E-state index contributed by atoms with van der Waals surface area (Å²) >= 11 is 0. The highest BCUT2D eigenvalue weighted by atomic mass is 32.2. The number of hydrogen-bond acceptors (Lipinski definition) is 5. The predicted octanol–water partition coefficient (Wildman–Crippen LogP) is 1.74. The van der Waals surface area contributed by atoms with E-state index in [1.165, 1.54) is 24.3 Å². The standard InChI is InChI=1S/C16H17N5O3S/c1-2-9-21-15-8-3-11(10-14(15)19-20-21)16(22)18-12-4-6-13(7-5-12)25(17,23)24/h3-8,10H,2,9H2,1H3,(H,18,22)(H2,17,23,24). The monoisotopic (exact) mass is 359 g/mol. The molecule has 0 bridgehead atoms. The molecule has 0 aliphatic heterocycles. The molecule has 0 spiro atoms. The Balaban J connectivity index is 1.80. The number of fused-ring (bicyclic) bond motifs is 1. The Labute approximate surface area is 144 Å². The molecule has 0 saturated carbocycles. The number of primary sulfonamides is 1. The van der Waals surface area contributed by atoms with Gasteiger partial charge in [0, 0.05) is 17.8 Å². The van der Waals surface area contributed by atoms with Crippen LogP contribution in [0.1, 0.15) is 23.7 Å². The van der Waals surface area contributed by atoms with Crippen molar-refractivity contribution in [1.82, 2.24) is 15.0 Å². The summed E-state index contributed by atoms with van der Waals surface area (Å²) in [5, 5.41) is 15.9. The van der Waals surface area contributed by atoms with Crippen molar-refractivity contribution >= 4 is 32.7 Å². The highest BCUT2D eigenvalue weighted by molar-refractivity contribution is 7.89. The number of sulfonamides is 1. The number of carbonyl (C=O) groups excluding carboxylic acids is 1. The quantitative estimate of drug-likeness (QED) is 0.719. The van der Waals surface area contributed by atoms with E-state index in [0.29, 0.717) is 16.8 Å². The number of rotatable bonds is 5. The second kappa shape index (κ2) is 6.61. The number of nitrogens with zero attached hydrogens (tertiary/aromatic N) is 3. The molecule has 130 valence electrons. The number of benzene rings is 2. The van der Waals surface area contributed by atoms with Crippen LogP contribution in [0.5, 0.6) is 0 Å². The number of nitrogens with one attached hydrogen (secondary N) is 1. The topological polar surface area (TPSA) is 120 Å². The molecule has 0 aliphatic rings. The van der Waals surface area contributed by atoms with Gasteiger partial charge in [0.1, 0.15) is 5.52 Å². The molecule has 0 fully saturated rings. The van der Waals surface area contributed by atoms with Gasteiger partial charge >= 0.3 is 0 Å². The molecule has 25 heavy (non-hydrogen) atoms. The van der Waals surface area contributed by atoms with Crippen molar-refractivity contribution in [1.29, 1.82) is 0 Å². The maximum absolute atomic E-state index is 12.4. The van der Waals surface area contributed by atoms with Crippen LogP contribution in [0.3, 0.4) is 0 Å². The van der Waals surface area contributed by atoms with Crippen LogP contribution in [0.2, 0.25) is 0 Å². The molecule has 1 aromatic heterocycles. The highest BCUT2D eigenvalue weighted by Gasteiger charge is 2.11. The summed E-state index contributed by atoms with van der Waals surface area (Å²) < 4.78 is 24.3. The Morgan fingerprint density at radius 1 is 1.20 bits per heavy atom. The van der Waals surface area contributed by atoms with Gasteiger partial charge in [-0.25, -0.2) is 18.2 Å². The first-order valence-corrected chi connectivity index (χ1v) is 9.20. The zero-order valence-electron chi connectivity index (χ0n) is 13.5. The summed E-state index contributed by atoms with van der Waals surface area (Å²) in [5.41, 5.74) is 2.42. The second-order valence-corrected chi connectivity index (χ2v) is 7.10. The van der Waals surface area contributed by atoms with Gasteiger partial charge in [-0.15, -0.1) is 5.10 Å². The van der Waals surface area contributed by atoms with Crippen LogP contribution >= 0.6 is 0 Å². The van der Waals surface area contributed by atoms with E-state index < -0.39 is 10.0 Å². The molecule has 1 amide bonds. The van der Waals surface area contributed by atoms with E-state index in [0.717, 1.165) is 18.5 Å². The zero-order valence-corrected chi connectivity index (χ0v) is 14.3. The molecule has 0 atom stereocenters. The van der Waals surface area contributed by atoms with E-state index in [1.54, 1.807) is 16.8 Å². The summed E-state index contributed by atoms with van der Waals surface area (Å²) in [7, 11) is -3.76. The van der Waals surface area contributed by atoms with Crippen molar-refractivity contribution in [3.63, 3.8) is 0 Å². The molecule has 3 N–H and O–H groups in total. The van der Waals surface area contributed by atoms with Gasteiger partial charge in [0.2, 0.25) is 10.0 Å². The van der Waals surface area contributed by atoms with Crippen LogP contribution in [-0.2, 0) is 16.6 Å². The lowest BCUT2D eigenvalue weighted by molar-refractivity contribution is 0.102. The number of aryl methyl sites for hydroxylation is 1. The van der Waals surface area contributed by atoms with E-state index in [2.05, 4.69) is 22.6 Å². The van der Waals surface area contributed by atoms with Crippen molar-refractivity contribution < 1.29 is 13.2 Å². The van der Waals surface area contributed by atoms with Crippen LogP contribution in [0, 0.1) is 0 Å². The average molecular weight is 359 g/mol. The molecule has 8 nitrogen and oxygen atoms in total. The van der Waals surface area contributed by atoms with Crippen LogP contribution < -0.4 is 10.5 Å². The minimum atomic E-state index is -3.76. The maximum atomic E-state index is 12.4. The van der Waals surface area contributed by atoms with Gasteiger partial charge < -0.3 is 5.32 Å². The van der Waals surface area contributed by atoms with Gasteiger partial charge in [-0.2, -0.15) is 0 Å². The molecular formula is C16H17N5O3S. The summed E-state index contributed by atoms with van der Waals surface area (Å²) in [5.74, 6) is -0.324. The van der Waals surface area contributed by atoms with Gasteiger partial charge in [-0.1, -0.05) is 12.1 Å². The Morgan fingerprint density at radius 2 is 1.92 bits per heavy atom. The Kier molecular flexibility index (Phi) is 4.51. The molecule has 0 unspecified atom stereocenters. The number of aromatic nitrogens is 3. The molecule has 2 aromatic carbocycles. The third-order valence-corrected chi connectivity index (χ3v) is 4.58. The lowest BCUT2D eigenvalue weighted by Crippen LogP contribution is -2.13. The number of nitrogens with two attached hydrogens (primary N) is 1. The SMILES string of the molecule is CCCn1nnc2cc(C(=O)Nc3ccc(S(N)(=O)=O)cc3)ccc21. The summed E-state index contributed by atoms with van der Waals surface area (Å²) in [6.45, 7) is 2.81. The third kappa shape index (κ3) is 3.67. The number of carbonyl (C=O) groups is 1. The van der Waals surface area contributed by atoms with Gasteiger partial charge in [0.05, 0.1) is 10.4 Å². The van der Waals surface area contributed by atoms with Crippen molar-refractivity contribution in [3.8, 4) is 0 Å². The molecule has 0 radical (unpaired) electrons. The largest absolute Gasteiger partial charge is 0.322 e. The van der Waals surface area contributed by atoms with Crippen molar-refractivity contribution in [2.75, 3.05) is 5.32 Å². The molecular weight excluding hydrogens is 342 g/mol. The first kappa shape index (κ1) is 17.1. The number of anilines is 1. The first-order chi connectivity index (χ1) is 11.9. The zero-order chi connectivity index (χ0) is 18.0. The fourth-order valence-electron chi connectivity index (χ4n) is 2.42. The van der Waals surface area contributed by atoms with E-state index in [9.17, 15) is 13.2 Å². The Hall–Kier alpha value is -2.78. The van der Waals surface area contributed by atoms with Crippen LogP contribution in [0.4, 0.5) is 5.69 Å². The highest BCUT2D eigenvalue weighted by Crippen LogP contribution is 2.17. The lowest BCUT2D eigenvalue weighted by Gasteiger charge is -2.06. The maximum Gasteiger partial charge on any atom is 0.255 e. The smallest absolute Gasteiger partial charge is 0.255 e. The molecule has 3 rings (SSSR count). The van der Waals surface area contributed by atoms with Crippen LogP contribution in [-0.4, -0.2) is 29.3 Å². The minimum absolute atomic E-state index is 0.0144. The van der Waals surface area contributed by atoms with Crippen molar-refractivity contribution in [3.05, 3.63) is 48.0 Å². The Bertz CT molecular complexity index is 1030. The van der Waals surface area contributed by atoms with E-state index >= 15 is 0 Å². The summed E-state index contributed by atoms with van der Waals surface area (Å²) in [4.78, 5) is 12.3. The molecule has 9 heteroatoms. The minimum Gasteiger partial charge on any atom is -0.322 e. The second-order valence-electron chi connectivity index (χ2n) is 5.54. The van der Waals surface area contributed by atoms with Crippen LogP contribution in [0.15, 0.2) is 47.4 Å². The van der Waals surface area contributed by atoms with E-state index in [4.69, 9.17) is 5.14 Å². The third-order valence-electron chi connectivity index (χ3n) is 3.65. The predicted molar refractivity (Wildman–Crippen MR) is 93.6 cm³/mol. The molecule has 0 saturated heterocycles. The lowest BCUT2D eigenvalue weighted by atomic mass is 10.2. The van der Waals surface area contributed by atoms with Gasteiger partial charge in [0.25, 0.3) is 5.91 Å². The number of hydrogen-bond donors (Lipinski definition) is 2. The first-order valence-electron chi connectivity index (χ1n) is 7.66. The van der Waals surface area contributed by atoms with Crippen molar-refractivity contribution in [2.24, 2.45) is 5.14 Å². The summed E-state index contributed by atoms with van der Waals surface area (Å²) in [6.07, 6.45) is 0.940. The van der Waals surface area contributed by atoms with E-state index in [1.807, 2.05) is 6.07 Å². The van der Waals surface area contributed by atoms with E-state index in [-0.39, 0.29) is 10.8 Å². The Morgan fingerprint density at radius 3 is 2.56 bits per heavy atom. The molecule has 0 aliphatic carbocycles. The molecule has 1 heterocycles. The summed E-state index contributed by atoms with van der Waals surface area (Å²) in [6, 6.07) is 10.8. The normalized spacial score (nSPS) is 11.6. The fourth-order valence-corrected chi connectivity index (χ4v) is 2.94. The van der Waals surface area contributed by atoms with Gasteiger partial charge in [-0.05, 0) is 48.9 Å². The average Bonchev–Trinajstić information content (AvgIpc) is 2.97.